The fourth-order valence-corrected chi connectivity index (χ4v) is 5.26. The standard InChI is InChI=1S/C25H35NO4S.Na/c1-15(2)19-11-9-12-20(16(3)4)23(19)30-25(27)26-31(28,29)24-21(17(5)6)13-10-14-22(24)18(7)8;/h9-18H,1-8H3,(H,26,27);. The normalized spacial score (nSPS) is 11.8. The molecule has 1 radical (unpaired) electrons. The van der Waals surface area contributed by atoms with E-state index in [0.29, 0.717) is 16.9 Å². The third-order valence-corrected chi connectivity index (χ3v) is 6.77. The molecule has 2 aromatic carbocycles. The average Bonchev–Trinajstić information content (AvgIpc) is 2.66. The molecule has 0 saturated heterocycles. The van der Waals surface area contributed by atoms with Crippen molar-refractivity contribution in [1.29, 1.82) is 0 Å². The quantitative estimate of drug-likeness (QED) is 0.486. The second-order valence-corrected chi connectivity index (χ2v) is 10.8. The molecule has 1 N–H and O–H groups in total. The van der Waals surface area contributed by atoms with Crippen LogP contribution in [0.4, 0.5) is 4.79 Å². The Balaban J connectivity index is 0.00000512. The van der Waals surface area contributed by atoms with Crippen LogP contribution in [0.25, 0.3) is 0 Å². The molecule has 0 heterocycles. The van der Waals surface area contributed by atoms with Crippen molar-refractivity contribution in [3.63, 3.8) is 0 Å². The van der Waals surface area contributed by atoms with E-state index in [4.69, 9.17) is 4.74 Å². The molecule has 0 aromatic heterocycles. The average molecular weight is 469 g/mol. The van der Waals surface area contributed by atoms with Gasteiger partial charge in [0.25, 0.3) is 10.0 Å². The summed E-state index contributed by atoms with van der Waals surface area (Å²) in [4.78, 5) is 13.0. The Bertz CT molecular complexity index is 991. The monoisotopic (exact) mass is 468 g/mol. The largest absolute Gasteiger partial charge is 0.426 e. The van der Waals surface area contributed by atoms with E-state index in [0.717, 1.165) is 11.1 Å². The number of hydrogen-bond donors (Lipinski definition) is 1. The van der Waals surface area contributed by atoms with Gasteiger partial charge >= 0.3 is 6.09 Å². The topological polar surface area (TPSA) is 72.5 Å². The van der Waals surface area contributed by atoms with Gasteiger partial charge in [-0.2, -0.15) is 0 Å². The molecule has 7 heteroatoms. The molecule has 0 spiro atoms. The molecule has 171 valence electrons. The van der Waals surface area contributed by atoms with Crippen molar-refractivity contribution in [2.45, 2.75) is 84.0 Å². The molecule has 2 aromatic rings. The minimum Gasteiger partial charge on any atom is -0.409 e. The van der Waals surface area contributed by atoms with Crippen molar-refractivity contribution in [2.75, 3.05) is 0 Å². The van der Waals surface area contributed by atoms with Crippen molar-refractivity contribution in [3.8, 4) is 5.75 Å². The number of sulfonamides is 1. The zero-order valence-corrected chi connectivity index (χ0v) is 23.6. The molecular formula is C25H35NNaO4S. The number of hydrogen-bond acceptors (Lipinski definition) is 4. The first-order chi connectivity index (χ1) is 14.4. The Kier molecular flexibility index (Phi) is 10.5. The van der Waals surface area contributed by atoms with Crippen LogP contribution in [-0.2, 0) is 10.0 Å². The molecule has 0 aliphatic rings. The van der Waals surface area contributed by atoms with E-state index >= 15 is 0 Å². The number of nitrogens with one attached hydrogen (secondary N) is 1. The summed E-state index contributed by atoms with van der Waals surface area (Å²) < 4.78 is 34.4. The molecule has 0 bridgehead atoms. The minimum atomic E-state index is -4.12. The summed E-state index contributed by atoms with van der Waals surface area (Å²) in [7, 11) is -4.12. The predicted molar refractivity (Wildman–Crippen MR) is 131 cm³/mol. The molecular weight excluding hydrogens is 433 g/mol. The van der Waals surface area contributed by atoms with Crippen LogP contribution in [0.15, 0.2) is 41.3 Å². The van der Waals surface area contributed by atoms with Gasteiger partial charge in [-0.1, -0.05) is 91.8 Å². The summed E-state index contributed by atoms with van der Waals surface area (Å²) in [5.41, 5.74) is 3.09. The second kappa shape index (κ2) is 11.7. The van der Waals surface area contributed by atoms with Gasteiger partial charge in [-0.3, -0.25) is 0 Å². The van der Waals surface area contributed by atoms with Crippen molar-refractivity contribution in [1.82, 2.24) is 4.72 Å². The van der Waals surface area contributed by atoms with Crippen LogP contribution in [0.1, 0.15) is 101 Å². The van der Waals surface area contributed by atoms with E-state index in [2.05, 4.69) is 4.72 Å². The van der Waals surface area contributed by atoms with Crippen LogP contribution in [0, 0.1) is 0 Å². The van der Waals surface area contributed by atoms with Crippen molar-refractivity contribution >= 4 is 45.7 Å². The third kappa shape index (κ3) is 6.60. The first kappa shape index (κ1) is 28.7. The Morgan fingerprint density at radius 3 is 1.41 bits per heavy atom. The van der Waals surface area contributed by atoms with Crippen LogP contribution in [0.5, 0.6) is 5.75 Å². The molecule has 0 aliphatic heterocycles. The van der Waals surface area contributed by atoms with Crippen LogP contribution >= 0.6 is 0 Å². The molecule has 2 rings (SSSR count). The van der Waals surface area contributed by atoms with E-state index in [1.165, 1.54) is 0 Å². The first-order valence-electron chi connectivity index (χ1n) is 10.9. The molecule has 0 saturated carbocycles. The van der Waals surface area contributed by atoms with E-state index in [1.54, 1.807) is 12.1 Å². The Morgan fingerprint density at radius 2 is 1.06 bits per heavy atom. The van der Waals surface area contributed by atoms with Gasteiger partial charge < -0.3 is 4.74 Å². The molecule has 0 fully saturated rings. The van der Waals surface area contributed by atoms with Crippen molar-refractivity contribution in [2.24, 2.45) is 0 Å². The van der Waals surface area contributed by atoms with Crippen molar-refractivity contribution < 1.29 is 17.9 Å². The maximum Gasteiger partial charge on any atom is 0.426 e. The number of para-hydroxylation sites is 1. The van der Waals surface area contributed by atoms with Gasteiger partial charge in [-0.15, -0.1) is 0 Å². The number of rotatable bonds is 7. The van der Waals surface area contributed by atoms with Gasteiger partial charge in [0.1, 0.15) is 5.75 Å². The van der Waals surface area contributed by atoms with Gasteiger partial charge in [-0.25, -0.2) is 17.9 Å². The molecule has 0 aliphatic carbocycles. The molecule has 1 amide bonds. The Hall–Kier alpha value is -1.34. The van der Waals surface area contributed by atoms with Gasteiger partial charge in [-0.05, 0) is 45.9 Å². The Labute approximate surface area is 215 Å². The van der Waals surface area contributed by atoms with E-state index in [9.17, 15) is 13.2 Å². The summed E-state index contributed by atoms with van der Waals surface area (Å²) in [5.74, 6) is 0.632. The summed E-state index contributed by atoms with van der Waals surface area (Å²) in [6, 6.07) is 11.2. The molecule has 0 unspecified atom stereocenters. The van der Waals surface area contributed by atoms with Gasteiger partial charge in [0.2, 0.25) is 0 Å². The molecule has 5 nitrogen and oxygen atoms in total. The smallest absolute Gasteiger partial charge is 0.409 e. The summed E-state index contributed by atoms with van der Waals surface area (Å²) in [6.07, 6.45) is -0.997. The number of carbonyl (C=O) groups excluding carboxylic acids is 1. The summed E-state index contributed by atoms with van der Waals surface area (Å²) >= 11 is 0. The van der Waals surface area contributed by atoms with E-state index < -0.39 is 16.1 Å². The van der Waals surface area contributed by atoms with Crippen LogP contribution in [-0.4, -0.2) is 44.1 Å². The van der Waals surface area contributed by atoms with Gasteiger partial charge in [0.15, 0.2) is 0 Å². The summed E-state index contributed by atoms with van der Waals surface area (Å²) in [6.45, 7) is 15.8. The van der Waals surface area contributed by atoms with Crippen LogP contribution < -0.4 is 9.46 Å². The van der Waals surface area contributed by atoms with Crippen LogP contribution in [0.2, 0.25) is 0 Å². The van der Waals surface area contributed by atoms with Crippen molar-refractivity contribution in [3.05, 3.63) is 58.7 Å². The van der Waals surface area contributed by atoms with E-state index in [1.807, 2.05) is 79.7 Å². The maximum absolute atomic E-state index is 13.3. The third-order valence-electron chi connectivity index (χ3n) is 5.32. The predicted octanol–water partition coefficient (Wildman–Crippen LogP) is 6.28. The number of benzene rings is 2. The second-order valence-electron chi connectivity index (χ2n) is 9.15. The SMILES string of the molecule is CC(C)c1cccc(C(C)C)c1OC(=O)NS(=O)(=O)c1c(C(C)C)cccc1C(C)C.[Na]. The van der Waals surface area contributed by atoms with Crippen LogP contribution in [0.3, 0.4) is 0 Å². The number of carbonyl (C=O) groups is 1. The zero-order valence-electron chi connectivity index (χ0n) is 20.8. The first-order valence-corrected chi connectivity index (χ1v) is 12.3. The maximum atomic E-state index is 13.3. The summed E-state index contributed by atoms with van der Waals surface area (Å²) in [5, 5.41) is 0. The van der Waals surface area contributed by atoms with E-state index in [-0.39, 0.29) is 58.1 Å². The minimum absolute atomic E-state index is 0. The Morgan fingerprint density at radius 1 is 0.719 bits per heavy atom. The number of ether oxygens (including phenoxy) is 1. The van der Waals surface area contributed by atoms with Gasteiger partial charge in [0, 0.05) is 29.6 Å². The number of amides is 1. The fraction of sp³-hybridized carbons (Fsp3) is 0.480. The molecule has 32 heavy (non-hydrogen) atoms. The molecule has 0 atom stereocenters. The van der Waals surface area contributed by atoms with Gasteiger partial charge in [0.05, 0.1) is 4.90 Å². The zero-order chi connectivity index (χ0) is 23.5. The fourth-order valence-electron chi connectivity index (χ4n) is 3.67.